The van der Waals surface area contributed by atoms with Crippen LogP contribution in [0.4, 0.5) is 0 Å². The van der Waals surface area contributed by atoms with Crippen molar-refractivity contribution >= 4 is 5.78 Å². The Morgan fingerprint density at radius 1 is 1.10 bits per heavy atom. The second kappa shape index (κ2) is 9.51. The van der Waals surface area contributed by atoms with Crippen LogP contribution in [0.5, 0.6) is 0 Å². The molecule has 0 aromatic rings. The van der Waals surface area contributed by atoms with E-state index in [1.165, 1.54) is 32.1 Å². The Balaban J connectivity index is 2.11. The largest absolute Gasteiger partial charge is 0.299 e. The van der Waals surface area contributed by atoms with E-state index in [9.17, 15) is 4.79 Å². The lowest BCUT2D eigenvalue weighted by Crippen LogP contribution is -2.41. The Hall–Kier alpha value is -0.410. The minimum Gasteiger partial charge on any atom is -0.299 e. The molecule has 1 aliphatic rings. The van der Waals surface area contributed by atoms with Crippen LogP contribution in [0.15, 0.2) is 0 Å². The number of carbonyl (C=O) groups is 1. The van der Waals surface area contributed by atoms with Crippen molar-refractivity contribution in [2.24, 2.45) is 5.92 Å². The highest BCUT2D eigenvalue weighted by atomic mass is 17.2. The summed E-state index contributed by atoms with van der Waals surface area (Å²) >= 11 is 0. The van der Waals surface area contributed by atoms with Gasteiger partial charge >= 0.3 is 0 Å². The van der Waals surface area contributed by atoms with Gasteiger partial charge in [-0.2, -0.15) is 0 Å². The van der Waals surface area contributed by atoms with Gasteiger partial charge in [-0.05, 0) is 33.1 Å². The third-order valence-corrected chi connectivity index (χ3v) is 4.25. The molecule has 118 valence electrons. The summed E-state index contributed by atoms with van der Waals surface area (Å²) in [6.07, 6.45) is 11.2. The Morgan fingerprint density at radius 3 is 2.50 bits per heavy atom. The number of rotatable bonds is 10. The monoisotopic (exact) mass is 284 g/mol. The van der Waals surface area contributed by atoms with Crippen LogP contribution in [-0.4, -0.2) is 18.0 Å². The molecule has 1 saturated carbocycles. The summed E-state index contributed by atoms with van der Waals surface area (Å²) in [6, 6.07) is 0. The maximum Gasteiger partial charge on any atom is 0.138 e. The van der Waals surface area contributed by atoms with E-state index in [0.717, 1.165) is 25.7 Å². The predicted molar refractivity (Wildman–Crippen MR) is 81.5 cm³/mol. The third kappa shape index (κ3) is 6.36. The second-order valence-corrected chi connectivity index (χ2v) is 6.54. The zero-order valence-electron chi connectivity index (χ0n) is 13.6. The van der Waals surface area contributed by atoms with Gasteiger partial charge in [0.15, 0.2) is 0 Å². The van der Waals surface area contributed by atoms with Crippen LogP contribution >= 0.6 is 0 Å². The zero-order valence-corrected chi connectivity index (χ0v) is 13.6. The molecule has 1 rings (SSSR count). The maximum absolute atomic E-state index is 11.9. The first-order valence-corrected chi connectivity index (χ1v) is 8.41. The van der Waals surface area contributed by atoms with Crippen molar-refractivity contribution in [2.45, 2.75) is 90.6 Å². The molecule has 3 heteroatoms. The van der Waals surface area contributed by atoms with Gasteiger partial charge in [0.05, 0.1) is 6.61 Å². The Labute approximate surface area is 124 Å². The average molecular weight is 284 g/mol. The first-order chi connectivity index (χ1) is 9.58. The van der Waals surface area contributed by atoms with Crippen LogP contribution in [-0.2, 0) is 14.6 Å². The van der Waals surface area contributed by atoms with E-state index in [1.807, 2.05) is 13.8 Å². The van der Waals surface area contributed by atoms with E-state index in [4.69, 9.17) is 9.78 Å². The molecule has 1 aliphatic carbocycles. The third-order valence-electron chi connectivity index (χ3n) is 4.25. The van der Waals surface area contributed by atoms with Gasteiger partial charge in [-0.15, -0.1) is 0 Å². The van der Waals surface area contributed by atoms with Crippen molar-refractivity contribution in [2.75, 3.05) is 6.61 Å². The molecule has 1 atom stereocenters. The van der Waals surface area contributed by atoms with E-state index in [0.29, 0.717) is 18.8 Å². The number of hydrogen-bond donors (Lipinski definition) is 0. The lowest BCUT2D eigenvalue weighted by Gasteiger charge is -2.34. The maximum atomic E-state index is 11.9. The number of carbonyl (C=O) groups excluding carboxylic acids is 1. The smallest absolute Gasteiger partial charge is 0.138 e. The fraction of sp³-hybridized carbons (Fsp3) is 0.941. The molecule has 0 aromatic carbocycles. The molecule has 0 heterocycles. The van der Waals surface area contributed by atoms with Crippen molar-refractivity contribution in [1.82, 2.24) is 0 Å². The fourth-order valence-electron chi connectivity index (χ4n) is 2.91. The van der Waals surface area contributed by atoms with Gasteiger partial charge in [0.1, 0.15) is 11.4 Å². The van der Waals surface area contributed by atoms with Crippen LogP contribution in [0, 0.1) is 5.92 Å². The molecular weight excluding hydrogens is 252 g/mol. The van der Waals surface area contributed by atoms with Crippen LogP contribution in [0.3, 0.4) is 0 Å². The Morgan fingerprint density at radius 2 is 1.80 bits per heavy atom. The van der Waals surface area contributed by atoms with Crippen LogP contribution in [0.25, 0.3) is 0 Å². The van der Waals surface area contributed by atoms with E-state index < -0.39 is 5.60 Å². The summed E-state index contributed by atoms with van der Waals surface area (Å²) in [5, 5.41) is 0. The zero-order chi connectivity index (χ0) is 14.8. The number of ketones is 1. The van der Waals surface area contributed by atoms with Gasteiger partial charge in [-0.3, -0.25) is 4.79 Å². The summed E-state index contributed by atoms with van der Waals surface area (Å²) < 4.78 is 0. The second-order valence-electron chi connectivity index (χ2n) is 6.54. The Bertz CT molecular complexity index is 273. The molecule has 0 spiro atoms. The topological polar surface area (TPSA) is 35.5 Å². The molecule has 0 N–H and O–H groups in total. The van der Waals surface area contributed by atoms with Gasteiger partial charge in [0, 0.05) is 12.3 Å². The highest BCUT2D eigenvalue weighted by Gasteiger charge is 2.38. The summed E-state index contributed by atoms with van der Waals surface area (Å²) in [5.74, 6) is 0.338. The SMILES string of the molecule is CCCCCCCCOOC(C)(C)C1CCCCC1=O. The van der Waals surface area contributed by atoms with E-state index in [1.54, 1.807) is 0 Å². The quantitative estimate of drug-likeness (QED) is 0.327. The standard InChI is InChI=1S/C17H32O3/c1-4-5-6-7-8-11-14-19-20-17(2,3)15-12-9-10-13-16(15)18/h15H,4-14H2,1-3H3. The average Bonchev–Trinajstić information content (AvgIpc) is 2.42. The summed E-state index contributed by atoms with van der Waals surface area (Å²) in [6.45, 7) is 6.81. The van der Waals surface area contributed by atoms with E-state index >= 15 is 0 Å². The molecule has 3 nitrogen and oxygen atoms in total. The van der Waals surface area contributed by atoms with Crippen LogP contribution < -0.4 is 0 Å². The number of unbranched alkanes of at least 4 members (excludes halogenated alkanes) is 5. The van der Waals surface area contributed by atoms with Gasteiger partial charge in [-0.1, -0.05) is 45.4 Å². The molecule has 1 unspecified atom stereocenters. The molecule has 0 amide bonds. The first kappa shape index (κ1) is 17.6. The molecule has 0 saturated heterocycles. The molecule has 0 aliphatic heterocycles. The van der Waals surface area contributed by atoms with Gasteiger partial charge in [-0.25, -0.2) is 9.78 Å². The summed E-state index contributed by atoms with van der Waals surface area (Å²) in [4.78, 5) is 22.8. The van der Waals surface area contributed by atoms with Crippen LogP contribution in [0.2, 0.25) is 0 Å². The number of hydrogen-bond acceptors (Lipinski definition) is 3. The Kier molecular flexibility index (Phi) is 8.39. The van der Waals surface area contributed by atoms with Gasteiger partial charge < -0.3 is 0 Å². The van der Waals surface area contributed by atoms with Crippen molar-refractivity contribution in [3.63, 3.8) is 0 Å². The molecule has 1 fully saturated rings. The first-order valence-electron chi connectivity index (χ1n) is 8.41. The highest BCUT2D eigenvalue weighted by Crippen LogP contribution is 2.32. The van der Waals surface area contributed by atoms with Crippen LogP contribution in [0.1, 0.15) is 85.0 Å². The van der Waals surface area contributed by atoms with E-state index in [-0.39, 0.29) is 5.92 Å². The van der Waals surface area contributed by atoms with Gasteiger partial charge in [0.25, 0.3) is 0 Å². The molecular formula is C17H32O3. The lowest BCUT2D eigenvalue weighted by molar-refractivity contribution is -0.362. The van der Waals surface area contributed by atoms with Crippen molar-refractivity contribution in [3.8, 4) is 0 Å². The number of Topliss-reactive ketones (excluding diaryl/α,β-unsaturated/α-hetero) is 1. The highest BCUT2D eigenvalue weighted by molar-refractivity contribution is 5.82. The van der Waals surface area contributed by atoms with E-state index in [2.05, 4.69) is 6.92 Å². The lowest BCUT2D eigenvalue weighted by atomic mass is 9.78. The van der Waals surface area contributed by atoms with Gasteiger partial charge in [0.2, 0.25) is 0 Å². The minimum atomic E-state index is -0.486. The molecule has 0 aromatic heterocycles. The fourth-order valence-corrected chi connectivity index (χ4v) is 2.91. The molecule has 20 heavy (non-hydrogen) atoms. The van der Waals surface area contributed by atoms with Crippen molar-refractivity contribution < 1.29 is 14.6 Å². The summed E-state index contributed by atoms with van der Waals surface area (Å²) in [5.41, 5.74) is -0.486. The summed E-state index contributed by atoms with van der Waals surface area (Å²) in [7, 11) is 0. The van der Waals surface area contributed by atoms with Crippen molar-refractivity contribution in [3.05, 3.63) is 0 Å². The molecule has 0 bridgehead atoms. The minimum absolute atomic E-state index is 0.000745. The predicted octanol–water partition coefficient (Wildman–Crippen LogP) is 4.83. The normalized spacial score (nSPS) is 20.4. The van der Waals surface area contributed by atoms with Crippen molar-refractivity contribution in [1.29, 1.82) is 0 Å². The molecule has 0 radical (unpaired) electrons.